The molecule has 1 unspecified atom stereocenters. The molecule has 0 radical (unpaired) electrons. The standard InChI is InChI=1S/C23H16N2/c1-2-8-16-15(7-1)13-14-18-17-9-3-5-11-20(17)25-21-12-6-4-10-19(21)24-23(25)22(16)18/h1-14,23-24H. The van der Waals surface area contributed by atoms with Crippen molar-refractivity contribution in [1.82, 2.24) is 0 Å². The summed E-state index contributed by atoms with van der Waals surface area (Å²) in [5.74, 6) is 0. The van der Waals surface area contributed by atoms with Crippen LogP contribution in [0.5, 0.6) is 0 Å². The fourth-order valence-electron chi connectivity index (χ4n) is 4.36. The van der Waals surface area contributed by atoms with Crippen LogP contribution in [0, 0.1) is 0 Å². The van der Waals surface area contributed by atoms with Crippen LogP contribution in [0.25, 0.3) is 21.9 Å². The Labute approximate surface area is 146 Å². The van der Waals surface area contributed by atoms with Gasteiger partial charge in [0, 0.05) is 11.1 Å². The summed E-state index contributed by atoms with van der Waals surface area (Å²) in [7, 11) is 0. The Bertz CT molecular complexity index is 1150. The van der Waals surface area contributed by atoms with Gasteiger partial charge in [0.15, 0.2) is 0 Å². The van der Waals surface area contributed by atoms with Crippen LogP contribution in [0.1, 0.15) is 11.7 Å². The van der Waals surface area contributed by atoms with Gasteiger partial charge in [0.2, 0.25) is 0 Å². The number of nitrogens with one attached hydrogen (secondary N) is 1. The van der Waals surface area contributed by atoms with E-state index in [1.165, 1.54) is 44.5 Å². The first kappa shape index (κ1) is 13.1. The molecule has 25 heavy (non-hydrogen) atoms. The molecular formula is C23H16N2. The third-order valence-electron chi connectivity index (χ3n) is 5.41. The van der Waals surface area contributed by atoms with E-state index < -0.39 is 0 Å². The maximum Gasteiger partial charge on any atom is 0.131 e. The highest BCUT2D eigenvalue weighted by molar-refractivity contribution is 6.01. The SMILES string of the molecule is c1ccc2c(c1)NC1c3c(ccc4ccccc34)-c3ccccc3N21. The molecule has 2 aliphatic rings. The fraction of sp³-hybridized carbons (Fsp3) is 0.0435. The molecule has 2 nitrogen and oxygen atoms in total. The highest BCUT2D eigenvalue weighted by atomic mass is 15.3. The van der Waals surface area contributed by atoms with Crippen molar-refractivity contribution in [2.45, 2.75) is 6.17 Å². The van der Waals surface area contributed by atoms with Crippen LogP contribution < -0.4 is 10.2 Å². The second kappa shape index (κ2) is 4.64. The number of para-hydroxylation sites is 3. The topological polar surface area (TPSA) is 15.3 Å². The lowest BCUT2D eigenvalue weighted by atomic mass is 9.88. The molecule has 6 rings (SSSR count). The zero-order valence-corrected chi connectivity index (χ0v) is 13.6. The maximum absolute atomic E-state index is 3.75. The van der Waals surface area contributed by atoms with Crippen LogP contribution in [0.4, 0.5) is 17.1 Å². The number of hydrogen-bond donors (Lipinski definition) is 1. The lowest BCUT2D eigenvalue weighted by Crippen LogP contribution is -2.27. The van der Waals surface area contributed by atoms with Crippen LogP contribution >= 0.6 is 0 Å². The molecule has 0 amide bonds. The molecule has 1 atom stereocenters. The van der Waals surface area contributed by atoms with Gasteiger partial charge in [0.05, 0.1) is 17.1 Å². The third-order valence-corrected chi connectivity index (χ3v) is 5.41. The third kappa shape index (κ3) is 1.64. The average Bonchev–Trinajstić information content (AvgIpc) is 3.07. The van der Waals surface area contributed by atoms with Crippen molar-refractivity contribution in [2.24, 2.45) is 0 Å². The van der Waals surface area contributed by atoms with Crippen LogP contribution in [-0.2, 0) is 0 Å². The van der Waals surface area contributed by atoms with Crippen molar-refractivity contribution in [2.75, 3.05) is 10.2 Å². The van der Waals surface area contributed by atoms with Gasteiger partial charge in [-0.25, -0.2) is 0 Å². The summed E-state index contributed by atoms with van der Waals surface area (Å²) < 4.78 is 0. The Kier molecular flexibility index (Phi) is 2.43. The molecule has 1 N–H and O–H groups in total. The smallest absolute Gasteiger partial charge is 0.131 e. The van der Waals surface area contributed by atoms with Gasteiger partial charge in [0.25, 0.3) is 0 Å². The van der Waals surface area contributed by atoms with Gasteiger partial charge in [-0.3, -0.25) is 0 Å². The zero-order valence-electron chi connectivity index (χ0n) is 13.6. The lowest BCUT2D eigenvalue weighted by molar-refractivity contribution is 0.827. The van der Waals surface area contributed by atoms with Gasteiger partial charge in [0.1, 0.15) is 6.17 Å². The van der Waals surface area contributed by atoms with E-state index in [-0.39, 0.29) is 6.17 Å². The van der Waals surface area contributed by atoms with E-state index in [2.05, 4.69) is 95.1 Å². The zero-order chi connectivity index (χ0) is 16.4. The lowest BCUT2D eigenvalue weighted by Gasteiger charge is -2.36. The summed E-state index contributed by atoms with van der Waals surface area (Å²) in [6.45, 7) is 0. The quantitative estimate of drug-likeness (QED) is 0.422. The predicted molar refractivity (Wildman–Crippen MR) is 104 cm³/mol. The second-order valence-corrected chi connectivity index (χ2v) is 6.70. The molecule has 2 aliphatic heterocycles. The van der Waals surface area contributed by atoms with Gasteiger partial charge in [-0.2, -0.15) is 0 Å². The molecule has 2 heterocycles. The summed E-state index contributed by atoms with van der Waals surface area (Å²) in [6, 6.07) is 30.5. The number of benzene rings is 4. The maximum atomic E-state index is 3.75. The molecule has 4 aromatic rings. The van der Waals surface area contributed by atoms with Crippen molar-refractivity contribution in [3.8, 4) is 11.1 Å². The van der Waals surface area contributed by atoms with Crippen LogP contribution in [0.2, 0.25) is 0 Å². The summed E-state index contributed by atoms with van der Waals surface area (Å²) in [5.41, 5.74) is 7.72. The Balaban J connectivity index is 1.75. The molecule has 2 heteroatoms. The monoisotopic (exact) mass is 320 g/mol. The minimum Gasteiger partial charge on any atom is -0.359 e. The molecule has 4 aromatic carbocycles. The number of hydrogen-bond acceptors (Lipinski definition) is 2. The Hall–Kier alpha value is -3.26. The van der Waals surface area contributed by atoms with E-state index >= 15 is 0 Å². The second-order valence-electron chi connectivity index (χ2n) is 6.70. The van der Waals surface area contributed by atoms with Crippen LogP contribution in [0.15, 0.2) is 84.9 Å². The minimum atomic E-state index is 0.133. The first-order valence-corrected chi connectivity index (χ1v) is 8.68. The Morgan fingerprint density at radius 3 is 2.36 bits per heavy atom. The van der Waals surface area contributed by atoms with Crippen molar-refractivity contribution in [3.05, 3.63) is 90.5 Å². The van der Waals surface area contributed by atoms with E-state index in [1.807, 2.05) is 0 Å². The average molecular weight is 320 g/mol. The van der Waals surface area contributed by atoms with Crippen molar-refractivity contribution >= 4 is 27.8 Å². The van der Waals surface area contributed by atoms with Crippen LogP contribution in [-0.4, -0.2) is 0 Å². The largest absolute Gasteiger partial charge is 0.359 e. The minimum absolute atomic E-state index is 0.133. The van der Waals surface area contributed by atoms with Gasteiger partial charge in [-0.1, -0.05) is 66.7 Å². The Morgan fingerprint density at radius 2 is 1.40 bits per heavy atom. The molecule has 0 fully saturated rings. The van der Waals surface area contributed by atoms with Gasteiger partial charge in [-0.05, 0) is 34.5 Å². The molecule has 0 aromatic heterocycles. The summed E-state index contributed by atoms with van der Waals surface area (Å²) in [4.78, 5) is 2.44. The number of fused-ring (bicyclic) bond motifs is 10. The number of rotatable bonds is 0. The van der Waals surface area contributed by atoms with Crippen molar-refractivity contribution < 1.29 is 0 Å². The van der Waals surface area contributed by atoms with Gasteiger partial charge in [-0.15, -0.1) is 0 Å². The molecular weight excluding hydrogens is 304 g/mol. The molecule has 0 saturated heterocycles. The number of nitrogens with zero attached hydrogens (tertiary/aromatic N) is 1. The normalized spacial score (nSPS) is 16.6. The predicted octanol–water partition coefficient (Wildman–Crippen LogP) is 6.08. The Morgan fingerprint density at radius 1 is 0.640 bits per heavy atom. The highest BCUT2D eigenvalue weighted by Crippen LogP contribution is 2.55. The molecule has 118 valence electrons. The van der Waals surface area contributed by atoms with Gasteiger partial charge < -0.3 is 10.2 Å². The van der Waals surface area contributed by atoms with Gasteiger partial charge >= 0.3 is 0 Å². The molecule has 0 aliphatic carbocycles. The first-order valence-electron chi connectivity index (χ1n) is 8.68. The summed E-state index contributed by atoms with van der Waals surface area (Å²) in [6.07, 6.45) is 0.133. The number of anilines is 3. The van der Waals surface area contributed by atoms with E-state index in [9.17, 15) is 0 Å². The summed E-state index contributed by atoms with van der Waals surface area (Å²) >= 11 is 0. The van der Waals surface area contributed by atoms with E-state index in [1.54, 1.807) is 0 Å². The molecule has 0 spiro atoms. The van der Waals surface area contributed by atoms with Crippen molar-refractivity contribution in [3.63, 3.8) is 0 Å². The van der Waals surface area contributed by atoms with E-state index in [4.69, 9.17) is 0 Å². The first-order chi connectivity index (χ1) is 12.4. The van der Waals surface area contributed by atoms with Crippen LogP contribution in [0.3, 0.4) is 0 Å². The molecule has 0 saturated carbocycles. The molecule has 0 bridgehead atoms. The fourth-order valence-corrected chi connectivity index (χ4v) is 4.36. The highest BCUT2D eigenvalue weighted by Gasteiger charge is 2.38. The van der Waals surface area contributed by atoms with E-state index in [0.717, 1.165) is 0 Å². The van der Waals surface area contributed by atoms with E-state index in [0.29, 0.717) is 0 Å². The van der Waals surface area contributed by atoms with Crippen molar-refractivity contribution in [1.29, 1.82) is 0 Å². The summed E-state index contributed by atoms with van der Waals surface area (Å²) in [5, 5.41) is 6.37.